The SMILES string of the molecule is O=C(c1cncc(Br)c1)N(CC1CCNCC1)C1CC1. The summed E-state index contributed by atoms with van der Waals surface area (Å²) < 4.78 is 0.862. The molecule has 1 aliphatic heterocycles. The Morgan fingerprint density at radius 3 is 2.70 bits per heavy atom. The van der Waals surface area contributed by atoms with Gasteiger partial charge in [0.2, 0.25) is 0 Å². The zero-order valence-electron chi connectivity index (χ0n) is 11.5. The van der Waals surface area contributed by atoms with Crippen LogP contribution in [0.25, 0.3) is 0 Å². The van der Waals surface area contributed by atoms with Crippen LogP contribution in [0, 0.1) is 5.92 Å². The monoisotopic (exact) mass is 337 g/mol. The fraction of sp³-hybridized carbons (Fsp3) is 0.600. The van der Waals surface area contributed by atoms with Crippen LogP contribution >= 0.6 is 15.9 Å². The van der Waals surface area contributed by atoms with Gasteiger partial charge in [-0.15, -0.1) is 0 Å². The van der Waals surface area contributed by atoms with Crippen molar-refractivity contribution in [3.05, 3.63) is 28.5 Å². The lowest BCUT2D eigenvalue weighted by molar-refractivity contribution is 0.0701. The van der Waals surface area contributed by atoms with E-state index < -0.39 is 0 Å². The largest absolute Gasteiger partial charge is 0.335 e. The minimum absolute atomic E-state index is 0.139. The molecule has 0 radical (unpaired) electrons. The van der Waals surface area contributed by atoms with Gasteiger partial charge >= 0.3 is 0 Å². The molecule has 2 aliphatic rings. The molecule has 0 unspecified atom stereocenters. The summed E-state index contributed by atoms with van der Waals surface area (Å²) in [6.07, 6.45) is 8.03. The number of nitrogens with zero attached hydrogens (tertiary/aromatic N) is 2. The Labute approximate surface area is 128 Å². The van der Waals surface area contributed by atoms with E-state index in [9.17, 15) is 4.79 Å². The van der Waals surface area contributed by atoms with Gasteiger partial charge in [-0.3, -0.25) is 9.78 Å². The topological polar surface area (TPSA) is 45.2 Å². The van der Waals surface area contributed by atoms with Crippen LogP contribution in [0.5, 0.6) is 0 Å². The first kappa shape index (κ1) is 14.0. The molecule has 2 fully saturated rings. The van der Waals surface area contributed by atoms with E-state index in [1.54, 1.807) is 12.4 Å². The van der Waals surface area contributed by atoms with Crippen LogP contribution < -0.4 is 5.32 Å². The van der Waals surface area contributed by atoms with Gasteiger partial charge in [-0.25, -0.2) is 0 Å². The summed E-state index contributed by atoms with van der Waals surface area (Å²) in [6.45, 7) is 3.06. The first-order valence-corrected chi connectivity index (χ1v) is 8.15. The molecule has 5 heteroatoms. The van der Waals surface area contributed by atoms with Crippen molar-refractivity contribution < 1.29 is 4.79 Å². The number of piperidine rings is 1. The number of nitrogens with one attached hydrogen (secondary N) is 1. The maximum Gasteiger partial charge on any atom is 0.255 e. The van der Waals surface area contributed by atoms with E-state index in [0.717, 1.165) is 36.9 Å². The lowest BCUT2D eigenvalue weighted by Gasteiger charge is -2.30. The number of amides is 1. The van der Waals surface area contributed by atoms with Crippen molar-refractivity contribution in [3.8, 4) is 0 Å². The molecule has 1 aromatic rings. The molecule has 1 saturated carbocycles. The van der Waals surface area contributed by atoms with E-state index in [1.165, 1.54) is 12.8 Å². The Kier molecular flexibility index (Phi) is 4.36. The molecule has 3 rings (SSSR count). The highest BCUT2D eigenvalue weighted by Gasteiger charge is 2.34. The molecule has 4 nitrogen and oxygen atoms in total. The number of carbonyl (C=O) groups excluding carboxylic acids is 1. The molecular formula is C15H20BrN3O. The second kappa shape index (κ2) is 6.22. The van der Waals surface area contributed by atoms with E-state index in [0.29, 0.717) is 17.5 Å². The normalized spacial score (nSPS) is 19.9. The molecule has 0 bridgehead atoms. The fourth-order valence-corrected chi connectivity index (χ4v) is 3.19. The molecule has 108 valence electrons. The van der Waals surface area contributed by atoms with Crippen LogP contribution in [0.3, 0.4) is 0 Å². The van der Waals surface area contributed by atoms with Crippen LogP contribution in [-0.4, -0.2) is 41.5 Å². The van der Waals surface area contributed by atoms with Gasteiger partial charge in [-0.05, 0) is 66.7 Å². The second-order valence-electron chi connectivity index (χ2n) is 5.77. The molecule has 2 heterocycles. The Bertz CT molecular complexity index is 484. The standard InChI is InChI=1S/C15H20BrN3O/c16-13-7-12(8-18-9-13)15(20)19(14-1-2-14)10-11-3-5-17-6-4-11/h7-9,11,14,17H,1-6,10H2. The number of hydrogen-bond acceptors (Lipinski definition) is 3. The van der Waals surface area contributed by atoms with Crippen molar-refractivity contribution in [1.29, 1.82) is 0 Å². The molecule has 1 amide bonds. The molecule has 0 spiro atoms. The summed E-state index contributed by atoms with van der Waals surface area (Å²) in [4.78, 5) is 18.9. The lowest BCUT2D eigenvalue weighted by atomic mass is 9.97. The Morgan fingerprint density at radius 2 is 2.05 bits per heavy atom. The third-order valence-corrected chi connectivity index (χ3v) is 4.55. The van der Waals surface area contributed by atoms with E-state index >= 15 is 0 Å². The second-order valence-corrected chi connectivity index (χ2v) is 6.69. The van der Waals surface area contributed by atoms with E-state index in [1.807, 2.05) is 6.07 Å². The van der Waals surface area contributed by atoms with Gasteiger partial charge in [0.1, 0.15) is 0 Å². The molecule has 20 heavy (non-hydrogen) atoms. The van der Waals surface area contributed by atoms with Crippen molar-refractivity contribution in [2.45, 2.75) is 31.7 Å². The van der Waals surface area contributed by atoms with Gasteiger partial charge < -0.3 is 10.2 Å². The average Bonchev–Trinajstić information content (AvgIpc) is 3.30. The zero-order valence-corrected chi connectivity index (χ0v) is 13.1. The number of rotatable bonds is 4. The molecule has 1 aliphatic carbocycles. The minimum atomic E-state index is 0.139. The fourth-order valence-electron chi connectivity index (χ4n) is 2.82. The van der Waals surface area contributed by atoms with Crippen LogP contribution in [0.4, 0.5) is 0 Å². The van der Waals surface area contributed by atoms with E-state index in [-0.39, 0.29) is 5.91 Å². The number of aromatic nitrogens is 1. The maximum absolute atomic E-state index is 12.7. The first-order chi connectivity index (χ1) is 9.74. The summed E-state index contributed by atoms with van der Waals surface area (Å²) in [6, 6.07) is 2.32. The number of pyridine rings is 1. The summed E-state index contributed by atoms with van der Waals surface area (Å²) in [7, 11) is 0. The Hall–Kier alpha value is -0.940. The van der Waals surface area contributed by atoms with Gasteiger partial charge in [0, 0.05) is 29.5 Å². The summed E-state index contributed by atoms with van der Waals surface area (Å²) in [5.74, 6) is 0.778. The Balaban J connectivity index is 1.71. The molecule has 1 N–H and O–H groups in total. The first-order valence-electron chi connectivity index (χ1n) is 7.36. The smallest absolute Gasteiger partial charge is 0.255 e. The number of hydrogen-bond donors (Lipinski definition) is 1. The molecule has 0 atom stereocenters. The van der Waals surface area contributed by atoms with Crippen molar-refractivity contribution in [1.82, 2.24) is 15.2 Å². The van der Waals surface area contributed by atoms with Crippen LogP contribution in [-0.2, 0) is 0 Å². The van der Waals surface area contributed by atoms with Crippen LogP contribution in [0.15, 0.2) is 22.9 Å². The van der Waals surface area contributed by atoms with E-state index in [4.69, 9.17) is 0 Å². The minimum Gasteiger partial charge on any atom is -0.335 e. The molecular weight excluding hydrogens is 318 g/mol. The van der Waals surface area contributed by atoms with Crippen molar-refractivity contribution in [2.24, 2.45) is 5.92 Å². The highest BCUT2D eigenvalue weighted by Crippen LogP contribution is 2.30. The quantitative estimate of drug-likeness (QED) is 0.917. The summed E-state index contributed by atoms with van der Waals surface area (Å²) in [5, 5.41) is 3.38. The summed E-state index contributed by atoms with van der Waals surface area (Å²) in [5.41, 5.74) is 0.695. The molecule has 1 saturated heterocycles. The predicted octanol–water partition coefficient (Wildman–Crippen LogP) is 2.45. The van der Waals surface area contributed by atoms with Gasteiger partial charge in [0.15, 0.2) is 0 Å². The molecule has 0 aromatic carbocycles. The predicted molar refractivity (Wildman–Crippen MR) is 81.6 cm³/mol. The number of halogens is 1. The lowest BCUT2D eigenvalue weighted by Crippen LogP contribution is -2.40. The maximum atomic E-state index is 12.7. The third kappa shape index (κ3) is 3.38. The van der Waals surface area contributed by atoms with Crippen molar-refractivity contribution >= 4 is 21.8 Å². The highest BCUT2D eigenvalue weighted by molar-refractivity contribution is 9.10. The average molecular weight is 338 g/mol. The number of carbonyl (C=O) groups is 1. The van der Waals surface area contributed by atoms with Gasteiger partial charge in [-0.2, -0.15) is 0 Å². The van der Waals surface area contributed by atoms with Crippen molar-refractivity contribution in [3.63, 3.8) is 0 Å². The Morgan fingerprint density at radius 1 is 1.30 bits per heavy atom. The van der Waals surface area contributed by atoms with Crippen molar-refractivity contribution in [2.75, 3.05) is 19.6 Å². The zero-order chi connectivity index (χ0) is 13.9. The van der Waals surface area contributed by atoms with Gasteiger partial charge in [0.25, 0.3) is 5.91 Å². The molecule has 1 aromatic heterocycles. The van der Waals surface area contributed by atoms with Gasteiger partial charge in [0.05, 0.1) is 5.56 Å². The van der Waals surface area contributed by atoms with Gasteiger partial charge in [-0.1, -0.05) is 0 Å². The highest BCUT2D eigenvalue weighted by atomic mass is 79.9. The van der Waals surface area contributed by atoms with Crippen LogP contribution in [0.2, 0.25) is 0 Å². The third-order valence-electron chi connectivity index (χ3n) is 4.11. The van der Waals surface area contributed by atoms with Crippen LogP contribution in [0.1, 0.15) is 36.0 Å². The summed E-state index contributed by atoms with van der Waals surface area (Å²) >= 11 is 3.39. The van der Waals surface area contributed by atoms with E-state index in [2.05, 4.69) is 31.1 Å².